The second-order valence-corrected chi connectivity index (χ2v) is 15.7. The first-order valence-corrected chi connectivity index (χ1v) is 22.2. The Morgan fingerprint density at radius 2 is 1.04 bits per heavy atom. The molecule has 53 heavy (non-hydrogen) atoms. The number of aromatic nitrogens is 2. The third-order valence-corrected chi connectivity index (χ3v) is 10.7. The van der Waals surface area contributed by atoms with Crippen LogP contribution >= 0.6 is 0 Å². The summed E-state index contributed by atoms with van der Waals surface area (Å²) in [5, 5.41) is 22.0. The molecule has 0 aliphatic carbocycles. The van der Waals surface area contributed by atoms with Crippen LogP contribution in [0.3, 0.4) is 0 Å². The summed E-state index contributed by atoms with van der Waals surface area (Å²) in [7, 11) is 0. The van der Waals surface area contributed by atoms with Crippen molar-refractivity contribution < 1.29 is 29.3 Å². The van der Waals surface area contributed by atoms with Crippen molar-refractivity contribution in [1.29, 1.82) is 0 Å². The maximum atomic E-state index is 12.5. The number of nitrogens with zero attached hydrogens (tertiary/aromatic N) is 3. The zero-order chi connectivity index (χ0) is 38.9. The minimum atomic E-state index is -0.514. The topological polar surface area (TPSA) is 114 Å². The van der Waals surface area contributed by atoms with E-state index in [4.69, 9.17) is 9.47 Å². The van der Waals surface area contributed by atoms with Crippen LogP contribution in [0.15, 0.2) is 18.7 Å². The van der Waals surface area contributed by atoms with Crippen molar-refractivity contribution >= 4 is 11.9 Å². The van der Waals surface area contributed by atoms with Gasteiger partial charge in [0, 0.05) is 50.9 Å². The highest BCUT2D eigenvalue weighted by Gasteiger charge is 2.22. The van der Waals surface area contributed by atoms with E-state index >= 15 is 0 Å². The smallest absolute Gasteiger partial charge is 0.306 e. The van der Waals surface area contributed by atoms with E-state index in [1.54, 1.807) is 12.5 Å². The second-order valence-electron chi connectivity index (χ2n) is 15.7. The van der Waals surface area contributed by atoms with E-state index in [1.807, 2.05) is 10.8 Å². The van der Waals surface area contributed by atoms with E-state index in [9.17, 15) is 19.8 Å². The predicted molar refractivity (Wildman–Crippen MR) is 218 cm³/mol. The lowest BCUT2D eigenvalue weighted by atomic mass is 10.0. The lowest BCUT2D eigenvalue weighted by molar-refractivity contribution is -0.150. The van der Waals surface area contributed by atoms with Gasteiger partial charge in [-0.25, -0.2) is 4.98 Å². The summed E-state index contributed by atoms with van der Waals surface area (Å²) >= 11 is 0. The quantitative estimate of drug-likeness (QED) is 0.0510. The molecule has 5 atom stereocenters. The Balaban J connectivity index is 2.37. The van der Waals surface area contributed by atoms with Gasteiger partial charge in [-0.3, -0.25) is 14.5 Å². The molecular weight excluding hydrogens is 666 g/mol. The van der Waals surface area contributed by atoms with Gasteiger partial charge in [-0.05, 0) is 71.1 Å². The Morgan fingerprint density at radius 3 is 1.45 bits per heavy atom. The molecule has 0 saturated carbocycles. The van der Waals surface area contributed by atoms with E-state index in [-0.39, 0.29) is 30.2 Å². The zero-order valence-corrected chi connectivity index (χ0v) is 35.0. The van der Waals surface area contributed by atoms with E-state index in [1.165, 1.54) is 64.2 Å². The van der Waals surface area contributed by atoms with Crippen LogP contribution in [0.4, 0.5) is 0 Å². The van der Waals surface area contributed by atoms with Crippen molar-refractivity contribution in [3.05, 3.63) is 18.7 Å². The number of hydrogen-bond acceptors (Lipinski definition) is 8. The summed E-state index contributed by atoms with van der Waals surface area (Å²) in [4.78, 5) is 31.3. The molecule has 0 aromatic carbocycles. The number of imidazole rings is 1. The summed E-state index contributed by atoms with van der Waals surface area (Å²) in [5.74, 6) is -0.193. The minimum absolute atomic E-state index is 0.0305. The number of carbonyl (C=O) groups excluding carboxylic acids is 2. The van der Waals surface area contributed by atoms with Gasteiger partial charge >= 0.3 is 11.9 Å². The van der Waals surface area contributed by atoms with Crippen LogP contribution in [0, 0.1) is 0 Å². The molecular formula is C44H83N3O6. The van der Waals surface area contributed by atoms with E-state index in [0.29, 0.717) is 38.8 Å². The number of ether oxygens (including phenoxy) is 2. The highest BCUT2D eigenvalue weighted by Crippen LogP contribution is 2.18. The molecule has 9 nitrogen and oxygen atoms in total. The number of rotatable bonds is 37. The molecule has 1 heterocycles. The van der Waals surface area contributed by atoms with Crippen LogP contribution in [0.5, 0.6) is 0 Å². The Hall–Kier alpha value is -1.97. The van der Waals surface area contributed by atoms with E-state index < -0.39 is 12.2 Å². The fraction of sp³-hybridized carbons (Fsp3) is 0.886. The van der Waals surface area contributed by atoms with Gasteiger partial charge in [0.1, 0.15) is 12.2 Å². The Kier molecular flexibility index (Phi) is 30.9. The van der Waals surface area contributed by atoms with Gasteiger partial charge in [0.25, 0.3) is 0 Å². The molecule has 5 unspecified atom stereocenters. The number of hydrogen-bond donors (Lipinski definition) is 2. The lowest BCUT2D eigenvalue weighted by Gasteiger charge is -2.33. The summed E-state index contributed by atoms with van der Waals surface area (Å²) < 4.78 is 13.6. The van der Waals surface area contributed by atoms with E-state index in [2.05, 4.69) is 44.5 Å². The third kappa shape index (κ3) is 27.3. The molecule has 0 saturated heterocycles. The fourth-order valence-corrected chi connectivity index (χ4v) is 7.11. The average Bonchev–Trinajstić information content (AvgIpc) is 3.65. The standard InChI is InChI=1S/C44H83N3O6/c1-6-10-12-14-16-22-28-41(8-3)52-43(50)30-24-18-20-26-39(48)35-47(38(5)34-46-33-32-45-37-46)36-40(49)27-21-19-25-31-44(51)53-42(9-4)29-23-17-15-13-11-7-2/h32-33,37-42,48-49H,6-31,34-36H2,1-5H3. The zero-order valence-electron chi connectivity index (χ0n) is 35.0. The monoisotopic (exact) mass is 750 g/mol. The highest BCUT2D eigenvalue weighted by molar-refractivity contribution is 5.69. The Bertz CT molecular complexity index is 920. The molecule has 1 rings (SSSR count). The molecule has 2 N–H and O–H groups in total. The summed E-state index contributed by atoms with van der Waals surface area (Å²) in [5.41, 5.74) is 0. The van der Waals surface area contributed by atoms with Crippen molar-refractivity contribution in [1.82, 2.24) is 14.5 Å². The largest absolute Gasteiger partial charge is 0.462 e. The number of carbonyl (C=O) groups is 2. The minimum Gasteiger partial charge on any atom is -0.462 e. The highest BCUT2D eigenvalue weighted by atomic mass is 16.5. The Morgan fingerprint density at radius 1 is 0.623 bits per heavy atom. The van der Waals surface area contributed by atoms with Crippen molar-refractivity contribution in [3.63, 3.8) is 0 Å². The van der Waals surface area contributed by atoms with Crippen LogP contribution in [-0.4, -0.2) is 80.1 Å². The second kappa shape index (κ2) is 33.4. The normalized spacial score (nSPS) is 14.6. The number of esters is 2. The van der Waals surface area contributed by atoms with Crippen LogP contribution < -0.4 is 0 Å². The molecule has 0 fully saturated rings. The third-order valence-electron chi connectivity index (χ3n) is 10.7. The summed E-state index contributed by atoms with van der Waals surface area (Å²) in [6, 6.07) is 0.101. The molecule has 1 aromatic rings. The first-order chi connectivity index (χ1) is 25.7. The maximum absolute atomic E-state index is 12.5. The molecule has 0 aliphatic heterocycles. The van der Waals surface area contributed by atoms with Crippen LogP contribution in [0.1, 0.15) is 202 Å². The molecule has 0 bridgehead atoms. The fourth-order valence-electron chi connectivity index (χ4n) is 7.11. The summed E-state index contributed by atoms with van der Waals surface area (Å²) in [6.45, 7) is 12.5. The Labute approximate surface area is 325 Å². The lowest BCUT2D eigenvalue weighted by Crippen LogP contribution is -2.45. The first-order valence-electron chi connectivity index (χ1n) is 22.2. The van der Waals surface area contributed by atoms with Gasteiger partial charge in [-0.15, -0.1) is 0 Å². The van der Waals surface area contributed by atoms with Gasteiger partial charge in [0.05, 0.1) is 18.5 Å². The molecule has 0 spiro atoms. The van der Waals surface area contributed by atoms with E-state index in [0.717, 1.165) is 83.6 Å². The molecule has 0 amide bonds. The molecule has 9 heteroatoms. The average molecular weight is 750 g/mol. The van der Waals surface area contributed by atoms with Crippen LogP contribution in [-0.2, 0) is 25.6 Å². The van der Waals surface area contributed by atoms with Crippen molar-refractivity contribution in [2.45, 2.75) is 239 Å². The van der Waals surface area contributed by atoms with Gasteiger partial charge in [0.2, 0.25) is 0 Å². The number of unbranched alkanes of at least 4 members (excludes halogenated alkanes) is 14. The summed E-state index contributed by atoms with van der Waals surface area (Å²) in [6.07, 6.45) is 30.3. The molecule has 0 radical (unpaired) electrons. The van der Waals surface area contributed by atoms with Gasteiger partial charge in [-0.1, -0.05) is 118 Å². The molecule has 0 aliphatic rings. The SMILES string of the molecule is CCCCCCCCC(CC)OC(=O)CCCCCC(O)CN(CC(O)CCCCCC(=O)OC(CC)CCCCCCCC)C(C)Cn1ccnc1. The number of aliphatic hydroxyl groups excluding tert-OH is 2. The van der Waals surface area contributed by atoms with Crippen LogP contribution in [0.25, 0.3) is 0 Å². The molecule has 310 valence electrons. The first kappa shape index (κ1) is 49.0. The van der Waals surface area contributed by atoms with Gasteiger partial charge in [-0.2, -0.15) is 0 Å². The predicted octanol–water partition coefficient (Wildman–Crippen LogP) is 10.3. The van der Waals surface area contributed by atoms with Gasteiger partial charge < -0.3 is 24.3 Å². The van der Waals surface area contributed by atoms with Crippen molar-refractivity contribution in [3.8, 4) is 0 Å². The van der Waals surface area contributed by atoms with Crippen molar-refractivity contribution in [2.75, 3.05) is 13.1 Å². The number of aliphatic hydroxyl groups is 2. The van der Waals surface area contributed by atoms with Gasteiger partial charge in [0.15, 0.2) is 0 Å². The van der Waals surface area contributed by atoms with Crippen LogP contribution in [0.2, 0.25) is 0 Å². The van der Waals surface area contributed by atoms with Crippen molar-refractivity contribution in [2.24, 2.45) is 0 Å². The molecule has 1 aromatic heterocycles. The maximum Gasteiger partial charge on any atom is 0.306 e.